The van der Waals surface area contributed by atoms with E-state index < -0.39 is 16.0 Å². The maximum absolute atomic E-state index is 12.2. The van der Waals surface area contributed by atoms with E-state index in [1.54, 1.807) is 0 Å². The highest BCUT2D eigenvalue weighted by atomic mass is 79.9. The predicted molar refractivity (Wildman–Crippen MR) is 81.9 cm³/mol. The minimum atomic E-state index is -4.11. The first kappa shape index (κ1) is 15.8. The summed E-state index contributed by atoms with van der Waals surface area (Å²) in [5.41, 5.74) is 5.27. The fraction of sp³-hybridized carbons (Fsp3) is 0. The number of amides is 1. The lowest BCUT2D eigenvalue weighted by atomic mass is 10.2. The largest absolute Gasteiger partial charge is 0.379 e. The number of carbonyl (C=O) groups is 1. The lowest BCUT2D eigenvalue weighted by Gasteiger charge is -2.09. The molecule has 0 spiro atoms. The Morgan fingerprint density at radius 3 is 2.52 bits per heavy atom. The van der Waals surface area contributed by atoms with Crippen molar-refractivity contribution in [3.05, 3.63) is 57.5 Å². The summed E-state index contributed by atoms with van der Waals surface area (Å²) in [5.74, 6) is -0.704. The van der Waals surface area contributed by atoms with Crippen molar-refractivity contribution in [2.75, 3.05) is 0 Å². The van der Waals surface area contributed by atoms with Crippen LogP contribution < -0.4 is 9.92 Å². The molecule has 2 aromatic rings. The van der Waals surface area contributed by atoms with Gasteiger partial charge in [0.25, 0.3) is 0 Å². The summed E-state index contributed by atoms with van der Waals surface area (Å²) < 4.78 is 30.0. The molecule has 0 heterocycles. The summed E-state index contributed by atoms with van der Waals surface area (Å²) in [5, 5.41) is 0.0235. The van der Waals surface area contributed by atoms with Crippen LogP contribution in [0.4, 0.5) is 0 Å². The lowest BCUT2D eigenvalue weighted by Crippen LogP contribution is -2.13. The van der Waals surface area contributed by atoms with Gasteiger partial charge < -0.3 is 9.92 Å². The van der Waals surface area contributed by atoms with E-state index in [0.717, 1.165) is 0 Å². The average molecular weight is 391 g/mol. The molecule has 2 aromatic carbocycles. The number of halogens is 2. The van der Waals surface area contributed by atoms with Crippen LogP contribution in [0.3, 0.4) is 0 Å². The Labute approximate surface area is 134 Å². The van der Waals surface area contributed by atoms with Gasteiger partial charge in [-0.3, -0.25) is 4.79 Å². The van der Waals surface area contributed by atoms with Crippen molar-refractivity contribution in [1.82, 2.24) is 0 Å². The van der Waals surface area contributed by atoms with Crippen molar-refractivity contribution in [2.45, 2.75) is 4.90 Å². The van der Waals surface area contributed by atoms with Gasteiger partial charge in [-0.15, -0.1) is 0 Å². The number of benzene rings is 2. The van der Waals surface area contributed by atoms with Crippen molar-refractivity contribution >= 4 is 43.6 Å². The molecule has 8 heteroatoms. The van der Waals surface area contributed by atoms with Crippen LogP contribution >= 0.6 is 27.5 Å². The molecule has 0 aromatic heterocycles. The highest BCUT2D eigenvalue weighted by molar-refractivity contribution is 9.10. The summed E-state index contributed by atoms with van der Waals surface area (Å²) in [6, 6.07) is 9.85. The molecule has 1 amide bonds. The Balaban J connectivity index is 2.37. The molecule has 2 rings (SSSR count). The molecule has 0 aliphatic carbocycles. The number of hydrogen-bond acceptors (Lipinski definition) is 4. The predicted octanol–water partition coefficient (Wildman–Crippen LogP) is 2.97. The first-order valence-electron chi connectivity index (χ1n) is 5.59. The van der Waals surface area contributed by atoms with Crippen molar-refractivity contribution in [3.63, 3.8) is 0 Å². The Morgan fingerprint density at radius 1 is 1.19 bits per heavy atom. The first-order chi connectivity index (χ1) is 9.79. The molecule has 0 saturated carbocycles. The van der Waals surface area contributed by atoms with Crippen LogP contribution in [0.5, 0.6) is 5.75 Å². The minimum absolute atomic E-state index is 0.0229. The van der Waals surface area contributed by atoms with Gasteiger partial charge in [-0.1, -0.05) is 33.6 Å². The van der Waals surface area contributed by atoms with E-state index in [9.17, 15) is 13.2 Å². The molecular weight excluding hydrogens is 382 g/mol. The van der Waals surface area contributed by atoms with E-state index >= 15 is 0 Å². The number of hydrogen-bond donors (Lipinski definition) is 1. The Morgan fingerprint density at radius 2 is 1.90 bits per heavy atom. The highest BCUT2D eigenvalue weighted by Gasteiger charge is 2.20. The molecule has 0 saturated heterocycles. The minimum Gasteiger partial charge on any atom is -0.379 e. The zero-order chi connectivity index (χ0) is 15.6. The van der Waals surface area contributed by atoms with Crippen molar-refractivity contribution in [2.24, 2.45) is 5.73 Å². The molecule has 0 unspecified atom stereocenters. The van der Waals surface area contributed by atoms with E-state index in [0.29, 0.717) is 4.47 Å². The molecule has 0 aliphatic rings. The van der Waals surface area contributed by atoms with Gasteiger partial charge in [0.1, 0.15) is 10.6 Å². The van der Waals surface area contributed by atoms with Crippen LogP contribution in [-0.4, -0.2) is 14.3 Å². The molecule has 0 atom stereocenters. The molecule has 0 aliphatic heterocycles. The van der Waals surface area contributed by atoms with E-state index in [1.807, 2.05) is 0 Å². The average Bonchev–Trinajstić information content (AvgIpc) is 2.37. The summed E-state index contributed by atoms with van der Waals surface area (Å²) in [7, 11) is -4.11. The second-order valence-corrected chi connectivity index (χ2v) is 6.84. The van der Waals surface area contributed by atoms with Crippen LogP contribution in [0.25, 0.3) is 0 Å². The zero-order valence-corrected chi connectivity index (χ0v) is 13.6. The molecule has 0 bridgehead atoms. The number of carbonyl (C=O) groups excluding carboxylic acids is 1. The van der Waals surface area contributed by atoms with Gasteiger partial charge in [-0.2, -0.15) is 8.42 Å². The number of rotatable bonds is 4. The summed E-state index contributed by atoms with van der Waals surface area (Å²) in [6.45, 7) is 0. The first-order valence-corrected chi connectivity index (χ1v) is 8.17. The maximum Gasteiger partial charge on any atom is 0.340 e. The number of primary amides is 1. The second-order valence-electron chi connectivity index (χ2n) is 4.00. The topological polar surface area (TPSA) is 86.5 Å². The molecule has 21 heavy (non-hydrogen) atoms. The molecular formula is C13H9BrClNO4S. The van der Waals surface area contributed by atoms with Gasteiger partial charge in [0, 0.05) is 10.0 Å². The van der Waals surface area contributed by atoms with Crippen molar-refractivity contribution in [3.8, 4) is 5.75 Å². The third-order valence-electron chi connectivity index (χ3n) is 2.49. The van der Waals surface area contributed by atoms with Gasteiger partial charge in [-0.05, 0) is 36.4 Å². The fourth-order valence-corrected chi connectivity index (χ4v) is 3.49. The quantitative estimate of drug-likeness (QED) is 0.813. The van der Waals surface area contributed by atoms with Crippen molar-refractivity contribution in [1.29, 1.82) is 0 Å². The van der Waals surface area contributed by atoms with Crippen LogP contribution in [-0.2, 0) is 10.1 Å². The van der Waals surface area contributed by atoms with Crippen LogP contribution in [0.1, 0.15) is 10.4 Å². The van der Waals surface area contributed by atoms with Crippen molar-refractivity contribution < 1.29 is 17.4 Å². The molecule has 5 nitrogen and oxygen atoms in total. The Bertz CT molecular complexity index is 808. The molecule has 0 fully saturated rings. The van der Waals surface area contributed by atoms with Crippen LogP contribution in [0.15, 0.2) is 51.8 Å². The standard InChI is InChI=1S/C13H9BrClNO4S/c14-9-4-5-12(11(15)7-9)21(18,19)20-10-3-1-2-8(6-10)13(16)17/h1-7H,(H2,16,17). The maximum atomic E-state index is 12.2. The third kappa shape index (κ3) is 3.75. The normalized spacial score (nSPS) is 11.1. The van der Waals surface area contributed by atoms with Gasteiger partial charge in [0.2, 0.25) is 5.91 Å². The van der Waals surface area contributed by atoms with Crippen LogP contribution in [0.2, 0.25) is 5.02 Å². The third-order valence-corrected chi connectivity index (χ3v) is 4.71. The Hall–Kier alpha value is -1.57. The highest BCUT2D eigenvalue weighted by Crippen LogP contribution is 2.28. The van der Waals surface area contributed by atoms with Crippen LogP contribution in [0, 0.1) is 0 Å². The van der Waals surface area contributed by atoms with Gasteiger partial charge in [0.05, 0.1) is 5.02 Å². The zero-order valence-electron chi connectivity index (χ0n) is 10.4. The molecule has 0 radical (unpaired) electrons. The smallest absolute Gasteiger partial charge is 0.340 e. The monoisotopic (exact) mass is 389 g/mol. The van der Waals surface area contributed by atoms with E-state index in [-0.39, 0.29) is 21.2 Å². The SMILES string of the molecule is NC(=O)c1cccc(OS(=O)(=O)c2ccc(Br)cc2Cl)c1. The summed E-state index contributed by atoms with van der Waals surface area (Å²) >= 11 is 9.08. The van der Waals surface area contributed by atoms with Gasteiger partial charge in [-0.25, -0.2) is 0 Å². The fourth-order valence-electron chi connectivity index (χ4n) is 1.55. The van der Waals surface area contributed by atoms with E-state index in [2.05, 4.69) is 15.9 Å². The number of nitrogens with two attached hydrogens (primary N) is 1. The Kier molecular flexibility index (Phi) is 4.55. The summed E-state index contributed by atoms with van der Waals surface area (Å²) in [4.78, 5) is 10.9. The van der Waals surface area contributed by atoms with E-state index in [1.165, 1.54) is 42.5 Å². The molecule has 2 N–H and O–H groups in total. The van der Waals surface area contributed by atoms with Gasteiger partial charge in [0.15, 0.2) is 0 Å². The lowest BCUT2D eigenvalue weighted by molar-refractivity contribution is 0.1000. The molecule has 110 valence electrons. The van der Waals surface area contributed by atoms with E-state index in [4.69, 9.17) is 21.5 Å². The summed E-state index contributed by atoms with van der Waals surface area (Å²) in [6.07, 6.45) is 0. The van der Waals surface area contributed by atoms with Gasteiger partial charge >= 0.3 is 10.1 Å². The second kappa shape index (κ2) is 6.05.